The van der Waals surface area contributed by atoms with Crippen LogP contribution in [0.25, 0.3) is 0 Å². The maximum absolute atomic E-state index is 12.0. The number of hydrogen-bond donors (Lipinski definition) is 2. The zero-order chi connectivity index (χ0) is 25.3. The number of methoxy groups -OCH3 is 1. The Kier molecular flexibility index (Phi) is 6.68. The van der Waals surface area contributed by atoms with Gasteiger partial charge in [0, 0.05) is 51.3 Å². The van der Waals surface area contributed by atoms with E-state index in [2.05, 4.69) is 10.6 Å². The molecule has 11 heteroatoms. The predicted octanol–water partition coefficient (Wildman–Crippen LogP) is 1.87. The van der Waals surface area contributed by atoms with Crippen molar-refractivity contribution in [3.05, 3.63) is 52.5 Å². The summed E-state index contributed by atoms with van der Waals surface area (Å²) < 4.78 is 10.8. The molecule has 1 saturated heterocycles. The third-order valence-corrected chi connectivity index (χ3v) is 6.18. The third-order valence-electron chi connectivity index (χ3n) is 6.18. The summed E-state index contributed by atoms with van der Waals surface area (Å²) in [6.45, 7) is 4.49. The summed E-state index contributed by atoms with van der Waals surface area (Å²) in [4.78, 5) is 51.6. The summed E-state index contributed by atoms with van der Waals surface area (Å²) in [6, 6.07) is 6.03. The number of carbonyl (C=O) groups excluding carboxylic acids is 4. The van der Waals surface area contributed by atoms with Gasteiger partial charge in [-0.1, -0.05) is 6.07 Å². The Hall–Kier alpha value is -4.02. The number of hydrogen-bond acceptors (Lipinski definition) is 6. The molecule has 4 heterocycles. The number of rotatable bonds is 3. The lowest BCUT2D eigenvalue weighted by Crippen LogP contribution is -2.41. The summed E-state index contributed by atoms with van der Waals surface area (Å²) in [5.41, 5.74) is 2.75. The van der Waals surface area contributed by atoms with Gasteiger partial charge < -0.3 is 29.2 Å². The van der Waals surface area contributed by atoms with Gasteiger partial charge in [0.2, 0.25) is 0 Å². The lowest BCUT2D eigenvalue weighted by Gasteiger charge is -2.28. The van der Waals surface area contributed by atoms with Gasteiger partial charge in [0.1, 0.15) is 17.3 Å². The number of nitrogens with one attached hydrogen (secondary N) is 2. The second-order valence-electron chi connectivity index (χ2n) is 8.68. The molecular formula is C24H29N5O6. The van der Waals surface area contributed by atoms with Crippen LogP contribution in [0.3, 0.4) is 0 Å². The molecule has 1 aromatic heterocycles. The van der Waals surface area contributed by atoms with Crippen molar-refractivity contribution in [1.82, 2.24) is 25.3 Å². The van der Waals surface area contributed by atoms with Crippen molar-refractivity contribution >= 4 is 23.9 Å². The topological polar surface area (TPSA) is 124 Å². The highest BCUT2D eigenvalue weighted by Crippen LogP contribution is 2.28. The van der Waals surface area contributed by atoms with Crippen LogP contribution in [-0.4, -0.2) is 72.9 Å². The second kappa shape index (κ2) is 9.69. The molecule has 186 valence electrons. The van der Waals surface area contributed by atoms with Crippen LogP contribution in [0, 0.1) is 0 Å². The lowest BCUT2D eigenvalue weighted by atomic mass is 10.1. The highest BCUT2D eigenvalue weighted by Gasteiger charge is 2.35. The summed E-state index contributed by atoms with van der Waals surface area (Å²) in [5, 5.41) is 4.67. The van der Waals surface area contributed by atoms with Crippen LogP contribution in [0.5, 0.6) is 5.75 Å². The number of ether oxygens (including phenoxy) is 1. The Morgan fingerprint density at radius 1 is 1.17 bits per heavy atom. The van der Waals surface area contributed by atoms with Gasteiger partial charge in [-0.3, -0.25) is 14.9 Å². The normalized spacial score (nSPS) is 18.3. The minimum absolute atomic E-state index is 0.0599. The number of benzene rings is 1. The monoisotopic (exact) mass is 483 g/mol. The molecule has 5 rings (SSSR count). The minimum atomic E-state index is -0.791. The van der Waals surface area contributed by atoms with Gasteiger partial charge >= 0.3 is 12.1 Å². The van der Waals surface area contributed by atoms with Gasteiger partial charge in [0.05, 0.1) is 13.7 Å². The van der Waals surface area contributed by atoms with E-state index in [-0.39, 0.29) is 11.9 Å². The molecule has 0 saturated carbocycles. The van der Waals surface area contributed by atoms with Crippen molar-refractivity contribution in [2.24, 2.45) is 0 Å². The highest BCUT2D eigenvalue weighted by molar-refractivity contribution is 6.04. The molecule has 0 aliphatic carbocycles. The first kappa shape index (κ1) is 24.1. The van der Waals surface area contributed by atoms with Crippen LogP contribution in [-0.2, 0) is 24.3 Å². The van der Waals surface area contributed by atoms with E-state index >= 15 is 0 Å². The molecule has 0 spiro atoms. The Bertz CT molecular complexity index is 1170. The van der Waals surface area contributed by atoms with Gasteiger partial charge in [0.25, 0.3) is 11.8 Å². The molecule has 1 aromatic carbocycles. The standard InChI is InChI=1S/C13H16N4O4.C11H13NO2/c1-16(2)13(20)17-4-3-8-7(6-17)5-9(21-8)10-11(18)15-12(19)14-10;1-3-12-7-8-4-5-9(14-2)6-10(8)11(12)13/h5,10H,3-4,6H2,1-2H3,(H2,14,15,18,19);4-6H,3,7H2,1-2H3. The van der Waals surface area contributed by atoms with Crippen LogP contribution in [0.1, 0.15) is 46.0 Å². The molecule has 0 bridgehead atoms. The average molecular weight is 484 g/mol. The van der Waals surface area contributed by atoms with E-state index in [0.29, 0.717) is 25.3 Å². The zero-order valence-electron chi connectivity index (χ0n) is 20.2. The largest absolute Gasteiger partial charge is 0.497 e. The molecule has 1 unspecified atom stereocenters. The number of furan rings is 1. The van der Waals surface area contributed by atoms with E-state index in [1.165, 1.54) is 4.90 Å². The first-order valence-electron chi connectivity index (χ1n) is 11.4. The summed E-state index contributed by atoms with van der Waals surface area (Å²) in [7, 11) is 5.02. The summed E-state index contributed by atoms with van der Waals surface area (Å²) in [6.07, 6.45) is 0.594. The van der Waals surface area contributed by atoms with E-state index in [4.69, 9.17) is 9.15 Å². The number of fused-ring (bicyclic) bond motifs is 2. The lowest BCUT2D eigenvalue weighted by molar-refractivity contribution is -0.120. The van der Waals surface area contributed by atoms with E-state index in [1.807, 2.05) is 30.0 Å². The fourth-order valence-corrected chi connectivity index (χ4v) is 4.28. The third kappa shape index (κ3) is 4.79. The Balaban J connectivity index is 0.000000179. The predicted molar refractivity (Wildman–Crippen MR) is 125 cm³/mol. The smallest absolute Gasteiger partial charge is 0.322 e. The maximum Gasteiger partial charge on any atom is 0.322 e. The van der Waals surface area contributed by atoms with Crippen LogP contribution >= 0.6 is 0 Å². The maximum atomic E-state index is 12.0. The quantitative estimate of drug-likeness (QED) is 0.643. The molecular weight excluding hydrogens is 454 g/mol. The fraction of sp³-hybridized carbons (Fsp3) is 0.417. The summed E-state index contributed by atoms with van der Waals surface area (Å²) in [5.74, 6) is 1.60. The number of nitrogens with zero attached hydrogens (tertiary/aromatic N) is 3. The van der Waals surface area contributed by atoms with Gasteiger partial charge in [-0.25, -0.2) is 9.59 Å². The first-order chi connectivity index (χ1) is 16.7. The van der Waals surface area contributed by atoms with E-state index < -0.39 is 18.0 Å². The van der Waals surface area contributed by atoms with E-state index in [0.717, 1.165) is 41.3 Å². The van der Waals surface area contributed by atoms with Crippen LogP contribution in [0.2, 0.25) is 0 Å². The van der Waals surface area contributed by atoms with Crippen LogP contribution < -0.4 is 15.4 Å². The van der Waals surface area contributed by atoms with Crippen molar-refractivity contribution in [2.45, 2.75) is 32.5 Å². The Morgan fingerprint density at radius 3 is 2.57 bits per heavy atom. The molecule has 6 amide bonds. The Labute approximate surface area is 203 Å². The number of amides is 6. The Morgan fingerprint density at radius 2 is 1.94 bits per heavy atom. The van der Waals surface area contributed by atoms with Crippen LogP contribution in [0.4, 0.5) is 9.59 Å². The molecule has 2 aromatic rings. The summed E-state index contributed by atoms with van der Waals surface area (Å²) >= 11 is 0. The molecule has 0 radical (unpaired) electrons. The van der Waals surface area contributed by atoms with E-state index in [9.17, 15) is 19.2 Å². The molecule has 3 aliphatic rings. The van der Waals surface area contributed by atoms with Crippen molar-refractivity contribution < 1.29 is 28.3 Å². The molecule has 3 aliphatic heterocycles. The van der Waals surface area contributed by atoms with Gasteiger partial charge in [-0.2, -0.15) is 0 Å². The van der Waals surface area contributed by atoms with Gasteiger partial charge in [-0.15, -0.1) is 0 Å². The van der Waals surface area contributed by atoms with Crippen molar-refractivity contribution in [3.63, 3.8) is 0 Å². The highest BCUT2D eigenvalue weighted by atomic mass is 16.5. The molecule has 35 heavy (non-hydrogen) atoms. The van der Waals surface area contributed by atoms with Crippen LogP contribution in [0.15, 0.2) is 28.7 Å². The SMILES string of the molecule is CCN1Cc2ccc(OC)cc2C1=O.CN(C)C(=O)N1CCc2oc(C3NC(=O)NC3=O)cc2C1. The second-order valence-corrected chi connectivity index (χ2v) is 8.68. The number of imide groups is 1. The number of carbonyl (C=O) groups is 4. The molecule has 11 nitrogen and oxygen atoms in total. The molecule has 2 N–H and O–H groups in total. The van der Waals surface area contributed by atoms with Crippen molar-refractivity contribution in [2.75, 3.05) is 34.3 Å². The van der Waals surface area contributed by atoms with Gasteiger partial charge in [0.15, 0.2) is 6.04 Å². The van der Waals surface area contributed by atoms with Crippen molar-refractivity contribution in [3.8, 4) is 5.75 Å². The average Bonchev–Trinajstić information content (AvgIpc) is 3.52. The minimum Gasteiger partial charge on any atom is -0.497 e. The van der Waals surface area contributed by atoms with Crippen molar-refractivity contribution in [1.29, 1.82) is 0 Å². The first-order valence-corrected chi connectivity index (χ1v) is 11.4. The van der Waals surface area contributed by atoms with E-state index in [1.54, 1.807) is 32.2 Å². The molecule has 1 atom stereocenters. The molecule has 1 fully saturated rings. The van der Waals surface area contributed by atoms with Gasteiger partial charge in [-0.05, 0) is 30.7 Å². The fourth-order valence-electron chi connectivity index (χ4n) is 4.28. The number of urea groups is 2. The zero-order valence-corrected chi connectivity index (χ0v) is 20.2.